The Labute approximate surface area is 123 Å². The molecule has 2 atom stereocenters. The number of rotatable bonds is 2. The van der Waals surface area contributed by atoms with Crippen molar-refractivity contribution >= 4 is 34.8 Å². The first-order valence-electron chi connectivity index (χ1n) is 6.52. The largest absolute Gasteiger partial charge is 0.399 e. The molecular formula is C14H18Cl2N2O. The molecule has 104 valence electrons. The molecule has 0 bridgehead atoms. The highest BCUT2D eigenvalue weighted by atomic mass is 35.5. The van der Waals surface area contributed by atoms with Crippen LogP contribution in [0.25, 0.3) is 0 Å². The zero-order valence-corrected chi connectivity index (χ0v) is 12.6. The molecule has 1 aromatic carbocycles. The summed E-state index contributed by atoms with van der Waals surface area (Å²) in [6.07, 6.45) is 3.01. The predicted molar refractivity (Wildman–Crippen MR) is 79.8 cm³/mol. The molecular weight excluding hydrogens is 283 g/mol. The van der Waals surface area contributed by atoms with Crippen LogP contribution in [0.4, 0.5) is 5.69 Å². The fraction of sp³-hybridized carbons (Fsp3) is 0.500. The number of hydrogen-bond acceptors (Lipinski definition) is 2. The summed E-state index contributed by atoms with van der Waals surface area (Å²) in [4.78, 5) is 14.6. The SMILES string of the molecule is CCC1CCC(C)N1C(=O)c1cc(N)cc(Cl)c1Cl. The van der Waals surface area contributed by atoms with Crippen molar-refractivity contribution in [2.24, 2.45) is 0 Å². The zero-order valence-electron chi connectivity index (χ0n) is 11.1. The van der Waals surface area contributed by atoms with E-state index in [0.29, 0.717) is 16.3 Å². The van der Waals surface area contributed by atoms with Crippen molar-refractivity contribution in [3.8, 4) is 0 Å². The lowest BCUT2D eigenvalue weighted by molar-refractivity contribution is 0.0676. The molecule has 1 heterocycles. The number of nitrogens with two attached hydrogens (primary N) is 1. The van der Waals surface area contributed by atoms with Gasteiger partial charge in [-0.3, -0.25) is 4.79 Å². The molecule has 1 saturated heterocycles. The monoisotopic (exact) mass is 300 g/mol. The minimum Gasteiger partial charge on any atom is -0.399 e. The Hall–Kier alpha value is -0.930. The van der Waals surface area contributed by atoms with Gasteiger partial charge in [-0.05, 0) is 38.3 Å². The second kappa shape index (κ2) is 5.59. The fourth-order valence-electron chi connectivity index (χ4n) is 2.74. The highest BCUT2D eigenvalue weighted by Crippen LogP contribution is 2.33. The second-order valence-corrected chi connectivity index (χ2v) is 5.85. The summed E-state index contributed by atoms with van der Waals surface area (Å²) in [7, 11) is 0. The molecule has 2 N–H and O–H groups in total. The van der Waals surface area contributed by atoms with E-state index in [2.05, 4.69) is 13.8 Å². The van der Waals surface area contributed by atoms with E-state index in [1.807, 2.05) is 4.90 Å². The van der Waals surface area contributed by atoms with Gasteiger partial charge in [0.15, 0.2) is 0 Å². The van der Waals surface area contributed by atoms with Crippen LogP contribution in [0, 0.1) is 0 Å². The Morgan fingerprint density at radius 1 is 1.42 bits per heavy atom. The van der Waals surface area contributed by atoms with Crippen molar-refractivity contribution in [1.29, 1.82) is 0 Å². The topological polar surface area (TPSA) is 46.3 Å². The maximum absolute atomic E-state index is 12.7. The van der Waals surface area contributed by atoms with Gasteiger partial charge in [-0.25, -0.2) is 0 Å². The van der Waals surface area contributed by atoms with Gasteiger partial charge in [0, 0.05) is 17.8 Å². The number of halogens is 2. The van der Waals surface area contributed by atoms with Crippen LogP contribution < -0.4 is 5.73 Å². The zero-order chi connectivity index (χ0) is 14.2. The third kappa shape index (κ3) is 2.67. The van der Waals surface area contributed by atoms with Gasteiger partial charge in [-0.15, -0.1) is 0 Å². The van der Waals surface area contributed by atoms with Gasteiger partial charge in [0.1, 0.15) is 0 Å². The van der Waals surface area contributed by atoms with Crippen LogP contribution in [0.1, 0.15) is 43.5 Å². The maximum atomic E-state index is 12.7. The number of benzene rings is 1. The average Bonchev–Trinajstić information content (AvgIpc) is 2.74. The molecule has 0 aromatic heterocycles. The molecule has 1 aliphatic rings. The first-order chi connectivity index (χ1) is 8.95. The lowest BCUT2D eigenvalue weighted by Gasteiger charge is -2.28. The average molecular weight is 301 g/mol. The van der Waals surface area contributed by atoms with E-state index >= 15 is 0 Å². The smallest absolute Gasteiger partial charge is 0.255 e. The predicted octanol–water partition coefficient (Wildman–Crippen LogP) is 3.98. The number of carbonyl (C=O) groups excluding carboxylic acids is 1. The van der Waals surface area contributed by atoms with Gasteiger partial charge < -0.3 is 10.6 Å². The number of carbonyl (C=O) groups is 1. The Morgan fingerprint density at radius 3 is 2.74 bits per heavy atom. The Morgan fingerprint density at radius 2 is 2.11 bits per heavy atom. The summed E-state index contributed by atoms with van der Waals surface area (Å²) in [6.45, 7) is 4.16. The van der Waals surface area contributed by atoms with Crippen LogP contribution in [0.2, 0.25) is 10.0 Å². The van der Waals surface area contributed by atoms with Crippen molar-refractivity contribution in [3.05, 3.63) is 27.7 Å². The van der Waals surface area contributed by atoms with E-state index in [9.17, 15) is 4.79 Å². The molecule has 2 rings (SSSR count). The first kappa shape index (κ1) is 14.5. The Balaban J connectivity index is 2.39. The molecule has 19 heavy (non-hydrogen) atoms. The molecule has 0 saturated carbocycles. The van der Waals surface area contributed by atoms with Crippen LogP contribution in [0.15, 0.2) is 12.1 Å². The molecule has 3 nitrogen and oxygen atoms in total. The number of anilines is 1. The van der Waals surface area contributed by atoms with Crippen LogP contribution in [0.3, 0.4) is 0 Å². The van der Waals surface area contributed by atoms with Crippen LogP contribution in [-0.4, -0.2) is 22.9 Å². The van der Waals surface area contributed by atoms with E-state index in [0.717, 1.165) is 19.3 Å². The lowest BCUT2D eigenvalue weighted by atomic mass is 10.1. The maximum Gasteiger partial charge on any atom is 0.255 e. The minimum absolute atomic E-state index is 0.0731. The van der Waals surface area contributed by atoms with Gasteiger partial charge in [-0.2, -0.15) is 0 Å². The number of nitrogen functional groups attached to an aromatic ring is 1. The van der Waals surface area contributed by atoms with Crippen LogP contribution in [0.5, 0.6) is 0 Å². The molecule has 1 aliphatic heterocycles. The summed E-state index contributed by atoms with van der Waals surface area (Å²) in [5.74, 6) is -0.0731. The van der Waals surface area contributed by atoms with Gasteiger partial charge in [0.05, 0.1) is 15.6 Å². The van der Waals surface area contributed by atoms with Gasteiger partial charge in [0.2, 0.25) is 0 Å². The molecule has 0 spiro atoms. The molecule has 5 heteroatoms. The summed E-state index contributed by atoms with van der Waals surface area (Å²) in [5.41, 5.74) is 6.61. The normalized spacial score (nSPS) is 22.8. The lowest BCUT2D eigenvalue weighted by Crippen LogP contribution is -2.39. The number of amides is 1. The molecule has 0 radical (unpaired) electrons. The highest BCUT2D eigenvalue weighted by Gasteiger charge is 2.34. The van der Waals surface area contributed by atoms with Crippen molar-refractivity contribution in [2.45, 2.75) is 45.2 Å². The van der Waals surface area contributed by atoms with Crippen molar-refractivity contribution in [2.75, 3.05) is 5.73 Å². The third-order valence-electron chi connectivity index (χ3n) is 3.77. The summed E-state index contributed by atoms with van der Waals surface area (Å²) >= 11 is 12.1. The molecule has 1 aromatic rings. The van der Waals surface area contributed by atoms with Crippen LogP contribution in [-0.2, 0) is 0 Å². The highest BCUT2D eigenvalue weighted by molar-refractivity contribution is 6.44. The van der Waals surface area contributed by atoms with E-state index in [4.69, 9.17) is 28.9 Å². The van der Waals surface area contributed by atoms with E-state index in [1.165, 1.54) is 0 Å². The Kier molecular flexibility index (Phi) is 4.26. The van der Waals surface area contributed by atoms with Crippen molar-refractivity contribution < 1.29 is 4.79 Å². The summed E-state index contributed by atoms with van der Waals surface area (Å²) < 4.78 is 0. The molecule has 1 amide bonds. The van der Waals surface area contributed by atoms with Crippen LogP contribution >= 0.6 is 23.2 Å². The van der Waals surface area contributed by atoms with E-state index in [-0.39, 0.29) is 23.0 Å². The fourth-order valence-corrected chi connectivity index (χ4v) is 3.16. The standard InChI is InChI=1S/C14H18Cl2N2O/c1-3-10-5-4-8(2)18(10)14(19)11-6-9(17)7-12(15)13(11)16/h6-8,10H,3-5,17H2,1-2H3. The first-order valence-corrected chi connectivity index (χ1v) is 7.28. The molecule has 2 unspecified atom stereocenters. The van der Waals surface area contributed by atoms with Gasteiger partial charge in [0.25, 0.3) is 5.91 Å². The van der Waals surface area contributed by atoms with Gasteiger partial charge in [-0.1, -0.05) is 30.1 Å². The third-order valence-corrected chi connectivity index (χ3v) is 4.57. The minimum atomic E-state index is -0.0731. The van der Waals surface area contributed by atoms with Crippen molar-refractivity contribution in [1.82, 2.24) is 4.90 Å². The number of nitrogens with zero attached hydrogens (tertiary/aromatic N) is 1. The molecule has 0 aliphatic carbocycles. The molecule has 1 fully saturated rings. The van der Waals surface area contributed by atoms with E-state index < -0.39 is 0 Å². The van der Waals surface area contributed by atoms with Gasteiger partial charge >= 0.3 is 0 Å². The van der Waals surface area contributed by atoms with E-state index in [1.54, 1.807) is 12.1 Å². The van der Waals surface area contributed by atoms with Crippen molar-refractivity contribution in [3.63, 3.8) is 0 Å². The summed E-state index contributed by atoms with van der Waals surface area (Å²) in [6, 6.07) is 3.67. The quantitative estimate of drug-likeness (QED) is 0.840. The Bertz CT molecular complexity index is 504. The second-order valence-electron chi connectivity index (χ2n) is 5.07. The number of hydrogen-bond donors (Lipinski definition) is 1. The number of likely N-dealkylation sites (tertiary alicyclic amines) is 1. The summed E-state index contributed by atoms with van der Waals surface area (Å²) in [5, 5.41) is 0.611.